The van der Waals surface area contributed by atoms with E-state index in [9.17, 15) is 0 Å². The molecule has 2 aromatic carbocycles. The van der Waals surface area contributed by atoms with Crippen molar-refractivity contribution in [2.75, 3.05) is 4.90 Å². The van der Waals surface area contributed by atoms with Crippen molar-refractivity contribution < 1.29 is 0 Å². The lowest BCUT2D eigenvalue weighted by atomic mass is 9.80. The number of hydrogen-bond donors (Lipinski definition) is 0. The van der Waals surface area contributed by atoms with E-state index in [1.165, 1.54) is 27.7 Å². The third kappa shape index (κ3) is 5.75. The Morgan fingerprint density at radius 1 is 0.621 bits per heavy atom. The molecule has 0 radical (unpaired) electrons. The molecule has 0 spiro atoms. The Hall–Kier alpha value is -1.54. The molecule has 2 heteroatoms. The van der Waals surface area contributed by atoms with Crippen LogP contribution < -0.4 is 10.1 Å². The van der Waals surface area contributed by atoms with Gasteiger partial charge >= 0.3 is 0 Å². The second kappa shape index (κ2) is 7.61. The molecule has 0 fully saturated rings. The summed E-state index contributed by atoms with van der Waals surface area (Å²) in [7, 11) is -1.38. The van der Waals surface area contributed by atoms with Crippen LogP contribution in [-0.4, -0.2) is 13.6 Å². The van der Waals surface area contributed by atoms with Gasteiger partial charge < -0.3 is 4.90 Å². The van der Waals surface area contributed by atoms with Gasteiger partial charge in [0.15, 0.2) is 0 Å². The topological polar surface area (TPSA) is 3.24 Å². The molecule has 160 valence electrons. The average Bonchev–Trinajstić information content (AvgIpc) is 2.51. The maximum absolute atomic E-state index is 2.53. The van der Waals surface area contributed by atoms with Crippen LogP contribution in [0.25, 0.3) is 0 Å². The van der Waals surface area contributed by atoms with Crippen LogP contribution in [0.3, 0.4) is 0 Å². The van der Waals surface area contributed by atoms with Crippen LogP contribution in [0, 0.1) is 0 Å². The number of anilines is 2. The summed E-state index contributed by atoms with van der Waals surface area (Å²) < 4.78 is 0. The predicted molar refractivity (Wildman–Crippen MR) is 135 cm³/mol. The Balaban J connectivity index is 2.78. The normalized spacial score (nSPS) is 13.5. The zero-order chi connectivity index (χ0) is 22.4. The van der Waals surface area contributed by atoms with E-state index in [-0.39, 0.29) is 16.4 Å². The van der Waals surface area contributed by atoms with E-state index in [0.29, 0.717) is 0 Å². The Morgan fingerprint density at radius 2 is 1.10 bits per heavy atom. The highest BCUT2D eigenvalue weighted by atomic mass is 28.3. The summed E-state index contributed by atoms with van der Waals surface area (Å²) in [4.78, 5) is 2.53. The zero-order valence-corrected chi connectivity index (χ0v) is 22.0. The van der Waals surface area contributed by atoms with Gasteiger partial charge in [-0.2, -0.15) is 0 Å². The van der Waals surface area contributed by atoms with Crippen LogP contribution >= 0.6 is 0 Å². The molecule has 0 saturated carbocycles. The molecule has 1 nitrogen and oxygen atoms in total. The SMILES string of the molecule is CC(C)(C)c1cc(N(c2cccc([Si](C)(C)C)c2)C(C)(C)C)cc(C(C)(C)C)c1. The van der Waals surface area contributed by atoms with Crippen molar-refractivity contribution in [3.8, 4) is 0 Å². The van der Waals surface area contributed by atoms with Crippen LogP contribution in [0.2, 0.25) is 19.6 Å². The quantitative estimate of drug-likeness (QED) is 0.468. The van der Waals surface area contributed by atoms with Crippen LogP contribution in [0.4, 0.5) is 11.4 Å². The predicted octanol–water partition coefficient (Wildman–Crippen LogP) is 7.76. The highest BCUT2D eigenvalue weighted by Gasteiger charge is 2.28. The Labute approximate surface area is 181 Å². The Kier molecular flexibility index (Phi) is 6.23. The highest BCUT2D eigenvalue weighted by molar-refractivity contribution is 6.88. The van der Waals surface area contributed by atoms with E-state index < -0.39 is 8.07 Å². The van der Waals surface area contributed by atoms with Crippen molar-refractivity contribution in [1.82, 2.24) is 0 Å². The van der Waals surface area contributed by atoms with Crippen molar-refractivity contribution in [3.63, 3.8) is 0 Å². The van der Waals surface area contributed by atoms with Crippen molar-refractivity contribution in [3.05, 3.63) is 53.6 Å². The van der Waals surface area contributed by atoms with E-state index in [1.54, 1.807) is 0 Å². The van der Waals surface area contributed by atoms with Gasteiger partial charge in [-0.25, -0.2) is 0 Å². The molecule has 0 aromatic heterocycles. The van der Waals surface area contributed by atoms with E-state index >= 15 is 0 Å². The van der Waals surface area contributed by atoms with Gasteiger partial charge in [-0.15, -0.1) is 0 Å². The fraction of sp³-hybridized carbons (Fsp3) is 0.556. The highest BCUT2D eigenvalue weighted by Crippen LogP contribution is 2.39. The van der Waals surface area contributed by atoms with Gasteiger partial charge in [0, 0.05) is 16.9 Å². The molecule has 0 heterocycles. The van der Waals surface area contributed by atoms with Crippen LogP contribution in [-0.2, 0) is 10.8 Å². The smallest absolute Gasteiger partial charge is 0.0776 e. The third-order valence-corrected chi connectivity index (χ3v) is 7.59. The van der Waals surface area contributed by atoms with E-state index in [4.69, 9.17) is 0 Å². The summed E-state index contributed by atoms with van der Waals surface area (Å²) in [6, 6.07) is 16.5. The van der Waals surface area contributed by atoms with Gasteiger partial charge in [-0.3, -0.25) is 0 Å². The summed E-state index contributed by atoms with van der Waals surface area (Å²) in [5.41, 5.74) is 5.58. The van der Waals surface area contributed by atoms with Crippen LogP contribution in [0.1, 0.15) is 73.4 Å². The first-order valence-corrected chi connectivity index (χ1v) is 14.5. The zero-order valence-electron chi connectivity index (χ0n) is 21.0. The average molecular weight is 410 g/mol. The lowest BCUT2D eigenvalue weighted by Crippen LogP contribution is -2.41. The summed E-state index contributed by atoms with van der Waals surface area (Å²) in [5.74, 6) is 0. The molecular weight excluding hydrogens is 366 g/mol. The first-order chi connectivity index (χ1) is 12.9. The second-order valence-corrected chi connectivity index (χ2v) is 17.7. The fourth-order valence-electron chi connectivity index (χ4n) is 3.64. The summed E-state index contributed by atoms with van der Waals surface area (Å²) in [6.45, 7) is 28.1. The number of benzene rings is 2. The van der Waals surface area contributed by atoms with E-state index in [0.717, 1.165) is 0 Å². The maximum atomic E-state index is 2.53. The van der Waals surface area contributed by atoms with Gasteiger partial charge in [0.1, 0.15) is 0 Å². The molecule has 0 aliphatic carbocycles. The van der Waals surface area contributed by atoms with Crippen LogP contribution in [0.5, 0.6) is 0 Å². The minimum absolute atomic E-state index is 0.0241. The van der Waals surface area contributed by atoms with Crippen molar-refractivity contribution in [1.29, 1.82) is 0 Å². The Morgan fingerprint density at radius 3 is 1.48 bits per heavy atom. The monoisotopic (exact) mass is 409 g/mol. The van der Waals surface area contributed by atoms with Gasteiger partial charge in [0.05, 0.1) is 8.07 Å². The molecule has 0 amide bonds. The molecule has 29 heavy (non-hydrogen) atoms. The molecule has 0 bridgehead atoms. The van der Waals surface area contributed by atoms with Crippen molar-refractivity contribution in [2.45, 2.75) is 98.3 Å². The van der Waals surface area contributed by atoms with E-state index in [1.807, 2.05) is 0 Å². The summed E-state index contributed by atoms with van der Waals surface area (Å²) >= 11 is 0. The van der Waals surface area contributed by atoms with Crippen LogP contribution in [0.15, 0.2) is 42.5 Å². The molecule has 0 aliphatic rings. The van der Waals surface area contributed by atoms with Crippen molar-refractivity contribution >= 4 is 24.6 Å². The molecule has 0 atom stereocenters. The first kappa shape index (κ1) is 23.7. The minimum Gasteiger partial charge on any atom is -0.336 e. The lowest BCUT2D eigenvalue weighted by molar-refractivity contribution is 0.549. The molecule has 0 saturated heterocycles. The maximum Gasteiger partial charge on any atom is 0.0776 e. The van der Waals surface area contributed by atoms with Gasteiger partial charge in [-0.1, -0.05) is 84.6 Å². The Bertz CT molecular complexity index is 820. The number of rotatable bonds is 3. The van der Waals surface area contributed by atoms with Gasteiger partial charge in [-0.05, 0) is 67.0 Å². The van der Waals surface area contributed by atoms with Gasteiger partial charge in [0.2, 0.25) is 0 Å². The largest absolute Gasteiger partial charge is 0.336 e. The second-order valence-electron chi connectivity index (χ2n) is 12.6. The standard InChI is InChI=1S/C27H43NSi/c1-25(2,3)20-16-21(26(4,5)6)18-23(17-20)28(27(7,8)9)22-14-13-15-24(19-22)29(10,11)12/h13-19H,1-12H3. The summed E-state index contributed by atoms with van der Waals surface area (Å²) in [6.07, 6.45) is 0. The fourth-order valence-corrected chi connectivity index (χ4v) is 4.82. The first-order valence-electron chi connectivity index (χ1n) is 11.0. The molecule has 2 rings (SSSR count). The van der Waals surface area contributed by atoms with Gasteiger partial charge in [0.25, 0.3) is 0 Å². The lowest BCUT2D eigenvalue weighted by Gasteiger charge is -2.40. The van der Waals surface area contributed by atoms with Crippen molar-refractivity contribution in [2.24, 2.45) is 0 Å². The number of hydrogen-bond acceptors (Lipinski definition) is 1. The minimum atomic E-state index is -1.38. The third-order valence-electron chi connectivity index (χ3n) is 5.55. The number of nitrogens with zero attached hydrogens (tertiary/aromatic N) is 1. The molecule has 0 unspecified atom stereocenters. The summed E-state index contributed by atoms with van der Waals surface area (Å²) in [5, 5.41) is 1.51. The van der Waals surface area contributed by atoms with E-state index in [2.05, 4.69) is 129 Å². The molecule has 0 aliphatic heterocycles. The molecule has 2 aromatic rings. The molecule has 0 N–H and O–H groups in total. The molecular formula is C27H43NSi.